The third kappa shape index (κ3) is 7.13. The van der Waals surface area contributed by atoms with E-state index in [1.165, 1.54) is 143 Å². The molecule has 0 saturated carbocycles. The van der Waals surface area contributed by atoms with Crippen LogP contribution in [0.5, 0.6) is 0 Å². The summed E-state index contributed by atoms with van der Waals surface area (Å²) in [5, 5.41) is 9.94. The maximum Gasteiger partial charge on any atom is 0.0159 e. The van der Waals surface area contributed by atoms with Crippen LogP contribution in [0.25, 0.3) is 132 Å². The van der Waals surface area contributed by atoms with Gasteiger partial charge in [-0.15, -0.1) is 0 Å². The van der Waals surface area contributed by atoms with E-state index in [2.05, 4.69) is 281 Å². The Morgan fingerprint density at radius 1 is 0.205 bits per heavy atom. The summed E-state index contributed by atoms with van der Waals surface area (Å²) < 4.78 is 0. The molecule has 0 radical (unpaired) electrons. The molecule has 0 N–H and O–H groups in total. The lowest BCUT2D eigenvalue weighted by molar-refractivity contribution is 0.661. The number of hydrogen-bond acceptors (Lipinski definition) is 0. The van der Waals surface area contributed by atoms with Crippen LogP contribution in [0.1, 0.15) is 25.0 Å². The Kier molecular flexibility index (Phi) is 9.98. The van der Waals surface area contributed by atoms with E-state index in [0.717, 1.165) is 0 Å². The van der Waals surface area contributed by atoms with Crippen LogP contribution in [0.3, 0.4) is 0 Å². The van der Waals surface area contributed by atoms with Crippen molar-refractivity contribution >= 4 is 43.1 Å². The lowest BCUT2D eigenvalue weighted by Crippen LogP contribution is -2.15. The zero-order valence-electron chi connectivity index (χ0n) is 40.9. The van der Waals surface area contributed by atoms with E-state index < -0.39 is 0 Å². The molecule has 0 fully saturated rings. The molecule has 1 aliphatic carbocycles. The van der Waals surface area contributed by atoms with Crippen molar-refractivity contribution in [3.05, 3.63) is 278 Å². The summed E-state index contributed by atoms with van der Waals surface area (Å²) in [5.74, 6) is 0. The Balaban J connectivity index is 0.950. The predicted molar refractivity (Wildman–Crippen MR) is 312 cm³/mol. The first kappa shape index (κ1) is 42.8. The summed E-state index contributed by atoms with van der Waals surface area (Å²) in [6, 6.07) is 99.5. The van der Waals surface area contributed by atoms with Crippen molar-refractivity contribution in [2.45, 2.75) is 19.3 Å². The Bertz CT molecular complexity index is 4290. The normalized spacial score (nSPS) is 12.6. The van der Waals surface area contributed by atoms with Gasteiger partial charge < -0.3 is 0 Å². The lowest BCUT2D eigenvalue weighted by Gasteiger charge is -2.23. The highest BCUT2D eigenvalue weighted by Crippen LogP contribution is 2.52. The zero-order chi connectivity index (χ0) is 48.6. The first-order chi connectivity index (χ1) is 35.9. The minimum absolute atomic E-state index is 0.165. The molecule has 0 nitrogen and oxygen atoms in total. The molecule has 0 saturated heterocycles. The van der Waals surface area contributed by atoms with Gasteiger partial charge in [0.15, 0.2) is 0 Å². The second-order valence-electron chi connectivity index (χ2n) is 20.4. The number of benzene rings is 13. The topological polar surface area (TPSA) is 0 Å². The molecule has 0 spiro atoms. The van der Waals surface area contributed by atoms with Gasteiger partial charge in [0.1, 0.15) is 0 Å². The number of hydrogen-bond donors (Lipinski definition) is 0. The summed E-state index contributed by atoms with van der Waals surface area (Å²) in [7, 11) is 0. The van der Waals surface area contributed by atoms with Crippen molar-refractivity contribution in [3.63, 3.8) is 0 Å². The highest BCUT2D eigenvalue weighted by atomic mass is 14.4. The summed E-state index contributed by atoms with van der Waals surface area (Å²) >= 11 is 0. The van der Waals surface area contributed by atoms with E-state index in [9.17, 15) is 0 Å². The highest BCUT2D eigenvalue weighted by Gasteiger charge is 2.36. The van der Waals surface area contributed by atoms with Gasteiger partial charge in [0.2, 0.25) is 0 Å². The largest absolute Gasteiger partial charge is 0.0622 e. The van der Waals surface area contributed by atoms with E-state index >= 15 is 0 Å². The Labute approximate surface area is 427 Å². The predicted octanol–water partition coefficient (Wildman–Crippen LogP) is 20.3. The van der Waals surface area contributed by atoms with Gasteiger partial charge in [0, 0.05) is 5.41 Å². The molecule has 0 unspecified atom stereocenters. The van der Waals surface area contributed by atoms with Gasteiger partial charge in [-0.25, -0.2) is 0 Å². The monoisotopic (exact) mass is 926 g/mol. The van der Waals surface area contributed by atoms with Crippen LogP contribution in [0.4, 0.5) is 0 Å². The van der Waals surface area contributed by atoms with Crippen LogP contribution in [-0.4, -0.2) is 0 Å². The molecule has 73 heavy (non-hydrogen) atoms. The molecule has 14 rings (SSSR count). The maximum absolute atomic E-state index is 2.45. The second kappa shape index (κ2) is 17.0. The fourth-order valence-corrected chi connectivity index (χ4v) is 12.1. The van der Waals surface area contributed by atoms with Crippen molar-refractivity contribution in [3.8, 4) is 89.0 Å². The van der Waals surface area contributed by atoms with Crippen molar-refractivity contribution in [1.82, 2.24) is 0 Å². The van der Waals surface area contributed by atoms with Crippen LogP contribution in [0.15, 0.2) is 267 Å². The fraction of sp³-hybridized carbons (Fsp3) is 0.0411. The average Bonchev–Trinajstić information content (AvgIpc) is 3.69. The molecule has 0 atom stereocenters. The van der Waals surface area contributed by atoms with Crippen LogP contribution < -0.4 is 0 Å². The standard InChI is InChI=1S/C73H50/c1-73(2)69-45-57(33-37-61(69)62-38-36-58(46-70(62)73)60-28-16-26-50-23-14-15-27-59(50)60)49-29-31-52(32-30-49)71-63-39-34-56(48-19-8-4-9-20-48)44-67(63)72(64-40-35-55(43-66(64)71)47-17-6-3-7-18-47)68-42-54-25-13-12-24-53(54)41-65(68)51-21-10-5-11-22-51/h3-46H,1-2H3. The van der Waals surface area contributed by atoms with Crippen LogP contribution in [-0.2, 0) is 5.41 Å². The van der Waals surface area contributed by atoms with Gasteiger partial charge in [0.05, 0.1) is 0 Å². The number of rotatable bonds is 7. The quantitative estimate of drug-likeness (QED) is 0.140. The molecule has 0 heterocycles. The van der Waals surface area contributed by atoms with Gasteiger partial charge in [-0.1, -0.05) is 244 Å². The van der Waals surface area contributed by atoms with E-state index in [-0.39, 0.29) is 5.41 Å². The summed E-state index contributed by atoms with van der Waals surface area (Å²) in [6.07, 6.45) is 0. The van der Waals surface area contributed by atoms with Gasteiger partial charge >= 0.3 is 0 Å². The van der Waals surface area contributed by atoms with Gasteiger partial charge in [-0.2, -0.15) is 0 Å². The van der Waals surface area contributed by atoms with E-state index in [4.69, 9.17) is 0 Å². The smallest absolute Gasteiger partial charge is 0.0159 e. The van der Waals surface area contributed by atoms with Crippen LogP contribution in [0.2, 0.25) is 0 Å². The number of fused-ring (bicyclic) bond motifs is 7. The molecule has 0 bridgehead atoms. The summed E-state index contributed by atoms with van der Waals surface area (Å²) in [6.45, 7) is 4.79. The first-order valence-electron chi connectivity index (χ1n) is 25.6. The molecule has 13 aromatic rings. The average molecular weight is 927 g/mol. The third-order valence-corrected chi connectivity index (χ3v) is 15.9. The van der Waals surface area contributed by atoms with Crippen molar-refractivity contribution in [2.75, 3.05) is 0 Å². The fourth-order valence-electron chi connectivity index (χ4n) is 12.1. The van der Waals surface area contributed by atoms with E-state index in [0.29, 0.717) is 0 Å². The molecule has 0 aromatic heterocycles. The molecule has 13 aromatic carbocycles. The minimum Gasteiger partial charge on any atom is -0.0622 e. The Morgan fingerprint density at radius 2 is 0.630 bits per heavy atom. The van der Waals surface area contributed by atoms with Crippen molar-refractivity contribution in [2.24, 2.45) is 0 Å². The maximum atomic E-state index is 2.45. The van der Waals surface area contributed by atoms with Gasteiger partial charge in [-0.3, -0.25) is 0 Å². The van der Waals surface area contributed by atoms with Crippen molar-refractivity contribution in [1.29, 1.82) is 0 Å². The SMILES string of the molecule is CC1(C)c2cc(-c3ccc(-c4c5cc(-c6ccccc6)ccc5c(-c5cc6ccccc6cc5-c5ccccc5)c5cc(-c6ccccc6)ccc45)cc3)ccc2-c2ccc(-c3cccc4ccccc34)cc21. The second-order valence-corrected chi connectivity index (χ2v) is 20.4. The summed E-state index contributed by atoms with van der Waals surface area (Å²) in [5.41, 5.74) is 22.4. The molecular weight excluding hydrogens is 877 g/mol. The van der Waals surface area contributed by atoms with Crippen molar-refractivity contribution < 1.29 is 0 Å². The molecule has 342 valence electrons. The van der Waals surface area contributed by atoms with Gasteiger partial charge in [-0.05, 0) is 180 Å². The molecule has 0 amide bonds. The molecule has 0 heteroatoms. The Morgan fingerprint density at radius 3 is 1.26 bits per heavy atom. The molecule has 1 aliphatic rings. The highest BCUT2D eigenvalue weighted by molar-refractivity contribution is 6.24. The van der Waals surface area contributed by atoms with Crippen LogP contribution in [0, 0.1) is 0 Å². The van der Waals surface area contributed by atoms with E-state index in [1.54, 1.807) is 0 Å². The zero-order valence-corrected chi connectivity index (χ0v) is 40.9. The third-order valence-electron chi connectivity index (χ3n) is 15.9. The lowest BCUT2D eigenvalue weighted by atomic mass is 9.80. The first-order valence-corrected chi connectivity index (χ1v) is 25.6. The van der Waals surface area contributed by atoms with Crippen LogP contribution >= 0.6 is 0 Å². The molecular formula is C73H50. The van der Waals surface area contributed by atoms with E-state index in [1.807, 2.05) is 0 Å². The minimum atomic E-state index is -0.165. The summed E-state index contributed by atoms with van der Waals surface area (Å²) in [4.78, 5) is 0. The van der Waals surface area contributed by atoms with Gasteiger partial charge in [0.25, 0.3) is 0 Å². The molecule has 0 aliphatic heterocycles. The Hall–Kier alpha value is -9.10.